The molecule has 0 unspecified atom stereocenters. The molecule has 1 saturated carbocycles. The number of nitrogens with one attached hydrogen (secondary N) is 1. The molecule has 0 spiro atoms. The van der Waals surface area contributed by atoms with Crippen LogP contribution in [0.3, 0.4) is 0 Å². The number of rotatable bonds is 7. The fourth-order valence-corrected chi connectivity index (χ4v) is 4.89. The van der Waals surface area contributed by atoms with Crippen molar-refractivity contribution in [3.8, 4) is 0 Å². The molecule has 1 aromatic rings. The third kappa shape index (κ3) is 4.44. The van der Waals surface area contributed by atoms with Crippen LogP contribution in [0.15, 0.2) is 16.5 Å². The van der Waals surface area contributed by atoms with Gasteiger partial charge in [0.15, 0.2) is 0 Å². The summed E-state index contributed by atoms with van der Waals surface area (Å²) in [6, 6.07) is 3.81. The van der Waals surface area contributed by atoms with E-state index in [1.54, 1.807) is 0 Å². The number of fused-ring (bicyclic) bond motifs is 1. The summed E-state index contributed by atoms with van der Waals surface area (Å²) in [4.78, 5) is 41.2. The van der Waals surface area contributed by atoms with Crippen LogP contribution in [0.1, 0.15) is 49.7 Å². The number of ether oxygens (including phenoxy) is 1. The van der Waals surface area contributed by atoms with E-state index in [4.69, 9.17) is 9.15 Å². The van der Waals surface area contributed by atoms with Crippen molar-refractivity contribution in [2.45, 2.75) is 45.1 Å². The van der Waals surface area contributed by atoms with E-state index in [2.05, 4.69) is 10.2 Å². The topological polar surface area (TPSA) is 92.1 Å². The molecule has 3 amide bonds. The van der Waals surface area contributed by atoms with Crippen molar-refractivity contribution in [2.75, 3.05) is 39.4 Å². The molecule has 8 nitrogen and oxygen atoms in total. The third-order valence-electron chi connectivity index (χ3n) is 6.56. The minimum absolute atomic E-state index is 0.0653. The summed E-state index contributed by atoms with van der Waals surface area (Å²) in [5, 5.41) is 2.97. The van der Waals surface area contributed by atoms with Crippen LogP contribution in [-0.2, 0) is 19.1 Å². The predicted octanol–water partition coefficient (Wildman–Crippen LogP) is 1.64. The number of furan rings is 1. The number of aryl methyl sites for hydroxylation is 1. The molecular formula is C22H31N3O5. The summed E-state index contributed by atoms with van der Waals surface area (Å²) in [5.41, 5.74) is 0. The second kappa shape index (κ2) is 9.31. The Balaban J connectivity index is 1.31. The second-order valence-corrected chi connectivity index (χ2v) is 8.49. The summed E-state index contributed by atoms with van der Waals surface area (Å²) >= 11 is 0. The van der Waals surface area contributed by atoms with Crippen LogP contribution in [0.2, 0.25) is 0 Å². The minimum Gasteiger partial charge on any atom is -0.465 e. The molecule has 0 bridgehead atoms. The van der Waals surface area contributed by atoms with Gasteiger partial charge in [0.05, 0.1) is 31.1 Å². The normalized spacial score (nSPS) is 26.0. The first kappa shape index (κ1) is 21.1. The van der Waals surface area contributed by atoms with E-state index in [1.807, 2.05) is 19.1 Å². The molecule has 0 radical (unpaired) electrons. The standard InChI is InChI=1S/C22H31N3O5/c1-15-6-7-19(30-15)18(24-10-12-29-13-11-24)14-23-20(26)8-9-25-21(27)16-4-2-3-5-17(16)22(25)28/h6-7,16-18H,2-5,8-14H2,1H3,(H,23,26)/t16-,17+,18-/m0/s1. The zero-order valence-corrected chi connectivity index (χ0v) is 17.6. The first-order chi connectivity index (χ1) is 14.5. The highest BCUT2D eigenvalue weighted by molar-refractivity contribution is 6.05. The Kier molecular flexibility index (Phi) is 6.53. The maximum absolute atomic E-state index is 12.6. The molecule has 8 heteroatoms. The molecule has 4 rings (SSSR count). The average molecular weight is 418 g/mol. The van der Waals surface area contributed by atoms with Gasteiger partial charge in [-0.15, -0.1) is 0 Å². The van der Waals surface area contributed by atoms with Crippen molar-refractivity contribution in [2.24, 2.45) is 11.8 Å². The smallest absolute Gasteiger partial charge is 0.233 e. The van der Waals surface area contributed by atoms with Crippen LogP contribution >= 0.6 is 0 Å². The Morgan fingerprint density at radius 2 is 1.80 bits per heavy atom. The average Bonchev–Trinajstić information content (AvgIpc) is 3.29. The van der Waals surface area contributed by atoms with Gasteiger partial charge in [-0.1, -0.05) is 12.8 Å². The third-order valence-corrected chi connectivity index (χ3v) is 6.56. The van der Waals surface area contributed by atoms with Gasteiger partial charge < -0.3 is 14.5 Å². The molecule has 30 heavy (non-hydrogen) atoms. The number of hydrogen-bond donors (Lipinski definition) is 1. The van der Waals surface area contributed by atoms with Crippen LogP contribution in [0.5, 0.6) is 0 Å². The lowest BCUT2D eigenvalue weighted by Gasteiger charge is -2.33. The van der Waals surface area contributed by atoms with E-state index < -0.39 is 0 Å². The molecule has 3 atom stereocenters. The lowest BCUT2D eigenvalue weighted by atomic mass is 9.81. The number of morpholine rings is 1. The van der Waals surface area contributed by atoms with Crippen molar-refractivity contribution in [1.29, 1.82) is 0 Å². The van der Waals surface area contributed by atoms with Crippen molar-refractivity contribution < 1.29 is 23.5 Å². The number of carbonyl (C=O) groups excluding carboxylic acids is 3. The molecule has 3 aliphatic rings. The molecule has 1 aliphatic carbocycles. The van der Waals surface area contributed by atoms with Gasteiger partial charge >= 0.3 is 0 Å². The Hall–Kier alpha value is -2.19. The monoisotopic (exact) mass is 417 g/mol. The zero-order chi connectivity index (χ0) is 21.1. The first-order valence-corrected chi connectivity index (χ1v) is 11.0. The molecule has 2 saturated heterocycles. The van der Waals surface area contributed by atoms with E-state index >= 15 is 0 Å². The van der Waals surface area contributed by atoms with Gasteiger partial charge in [0, 0.05) is 32.6 Å². The fourth-order valence-electron chi connectivity index (χ4n) is 4.89. The number of nitrogens with zero attached hydrogens (tertiary/aromatic N) is 2. The molecule has 2 aliphatic heterocycles. The summed E-state index contributed by atoms with van der Waals surface area (Å²) in [6.45, 7) is 5.36. The highest BCUT2D eigenvalue weighted by atomic mass is 16.5. The summed E-state index contributed by atoms with van der Waals surface area (Å²) in [5.74, 6) is 0.992. The predicted molar refractivity (Wildman–Crippen MR) is 108 cm³/mol. The number of hydrogen-bond acceptors (Lipinski definition) is 6. The van der Waals surface area contributed by atoms with Crippen molar-refractivity contribution >= 4 is 17.7 Å². The SMILES string of the molecule is Cc1ccc([C@H](CNC(=O)CCN2C(=O)[C@H]3CCCC[C@H]3C2=O)N2CCOCC2)o1. The van der Waals surface area contributed by atoms with Gasteiger partial charge in [-0.3, -0.25) is 24.2 Å². The minimum atomic E-state index is -0.165. The van der Waals surface area contributed by atoms with Gasteiger partial charge in [0.25, 0.3) is 0 Å². The van der Waals surface area contributed by atoms with Gasteiger partial charge in [-0.25, -0.2) is 0 Å². The lowest BCUT2D eigenvalue weighted by Crippen LogP contribution is -2.44. The molecule has 3 heterocycles. The summed E-state index contributed by atoms with van der Waals surface area (Å²) in [7, 11) is 0. The number of amides is 3. The van der Waals surface area contributed by atoms with Crippen LogP contribution in [-0.4, -0.2) is 66.9 Å². The fraction of sp³-hybridized carbons (Fsp3) is 0.682. The lowest BCUT2D eigenvalue weighted by molar-refractivity contribution is -0.140. The number of likely N-dealkylation sites (tertiary alicyclic amines) is 1. The maximum atomic E-state index is 12.6. The second-order valence-electron chi connectivity index (χ2n) is 8.49. The molecule has 1 N–H and O–H groups in total. The van der Waals surface area contributed by atoms with Gasteiger partial charge in [-0.05, 0) is 31.9 Å². The molecule has 3 fully saturated rings. The van der Waals surface area contributed by atoms with E-state index in [0.717, 1.165) is 50.3 Å². The summed E-state index contributed by atoms with van der Waals surface area (Å²) < 4.78 is 11.3. The number of carbonyl (C=O) groups is 3. The van der Waals surface area contributed by atoms with Crippen molar-refractivity contribution in [1.82, 2.24) is 15.1 Å². The molecule has 0 aromatic carbocycles. The number of imide groups is 1. The van der Waals surface area contributed by atoms with Crippen molar-refractivity contribution in [3.63, 3.8) is 0 Å². The van der Waals surface area contributed by atoms with Gasteiger partial charge in [-0.2, -0.15) is 0 Å². The zero-order valence-electron chi connectivity index (χ0n) is 17.6. The van der Waals surface area contributed by atoms with Crippen LogP contribution in [0.4, 0.5) is 0 Å². The Morgan fingerprint density at radius 3 is 2.40 bits per heavy atom. The van der Waals surface area contributed by atoms with Gasteiger partial charge in [0.2, 0.25) is 17.7 Å². The highest BCUT2D eigenvalue weighted by Crippen LogP contribution is 2.38. The van der Waals surface area contributed by atoms with Crippen molar-refractivity contribution in [3.05, 3.63) is 23.7 Å². The first-order valence-electron chi connectivity index (χ1n) is 11.0. The molecular weight excluding hydrogens is 386 g/mol. The van der Waals surface area contributed by atoms with E-state index in [1.165, 1.54) is 4.90 Å². The Morgan fingerprint density at radius 1 is 1.13 bits per heavy atom. The van der Waals surface area contributed by atoms with Gasteiger partial charge in [0.1, 0.15) is 11.5 Å². The molecule has 1 aromatic heterocycles. The summed E-state index contributed by atoms with van der Waals surface area (Å²) in [6.07, 6.45) is 3.72. The van der Waals surface area contributed by atoms with E-state index in [-0.39, 0.29) is 48.6 Å². The Bertz CT molecular complexity index is 761. The largest absolute Gasteiger partial charge is 0.465 e. The van der Waals surface area contributed by atoms with Crippen LogP contribution in [0.25, 0.3) is 0 Å². The van der Waals surface area contributed by atoms with E-state index in [0.29, 0.717) is 19.8 Å². The Labute approximate surface area is 176 Å². The highest BCUT2D eigenvalue weighted by Gasteiger charge is 2.47. The quantitative estimate of drug-likeness (QED) is 0.678. The van der Waals surface area contributed by atoms with Crippen LogP contribution in [0, 0.1) is 18.8 Å². The maximum Gasteiger partial charge on any atom is 0.233 e. The molecule has 164 valence electrons. The van der Waals surface area contributed by atoms with E-state index in [9.17, 15) is 14.4 Å². The van der Waals surface area contributed by atoms with Crippen LogP contribution < -0.4 is 5.32 Å².